The van der Waals surface area contributed by atoms with Crippen LogP contribution in [0.3, 0.4) is 0 Å². The highest BCUT2D eigenvalue weighted by Crippen LogP contribution is 2.21. The summed E-state index contributed by atoms with van der Waals surface area (Å²) < 4.78 is 133. The summed E-state index contributed by atoms with van der Waals surface area (Å²) in [6.07, 6.45) is -14.6. The van der Waals surface area contributed by atoms with Crippen LogP contribution in [0.4, 0.5) is 39.5 Å². The molecule has 0 aromatic heterocycles. The smallest absolute Gasteiger partial charge is 0.400 e. The topological polar surface area (TPSA) is 55.4 Å². The van der Waals surface area contributed by atoms with Crippen molar-refractivity contribution in [1.29, 1.82) is 0 Å². The molecule has 0 bridgehead atoms. The van der Waals surface area contributed by atoms with Gasteiger partial charge < -0.3 is 27.7 Å². The lowest BCUT2D eigenvalue weighted by atomic mass is 9.96. The molecule has 0 aromatic carbocycles. The molecule has 0 saturated carbocycles. The van der Waals surface area contributed by atoms with Crippen LogP contribution in [-0.4, -0.2) is 60.3 Å². The summed E-state index contributed by atoms with van der Waals surface area (Å²) in [5, 5.41) is 0. The van der Waals surface area contributed by atoms with Gasteiger partial charge in [-0.15, -0.1) is 0 Å². The molecule has 0 aromatic rings. The van der Waals surface area contributed by atoms with Crippen LogP contribution >= 0.6 is 0 Å². The fourth-order valence-electron chi connectivity index (χ4n) is 1.09. The standard InChI is InChI=1S/C6H6B3F9O6/c10-4(11,12)1-19-7-22-8(20-2-5(13,14)15)24-9(23-7)21-3-6(16,17)18/h1-3H2. The van der Waals surface area contributed by atoms with Gasteiger partial charge in [-0.05, 0) is 0 Å². The second-order valence-electron chi connectivity index (χ2n) is 4.05. The third kappa shape index (κ3) is 10.2. The van der Waals surface area contributed by atoms with E-state index in [1.165, 1.54) is 0 Å². The average molecular weight is 378 g/mol. The fourth-order valence-corrected chi connectivity index (χ4v) is 1.09. The first-order valence-corrected chi connectivity index (χ1v) is 5.75. The minimum Gasteiger partial charge on any atom is -0.400 e. The van der Waals surface area contributed by atoms with E-state index in [0.29, 0.717) is 0 Å². The zero-order valence-electron chi connectivity index (χ0n) is 11.2. The van der Waals surface area contributed by atoms with E-state index < -0.39 is 60.3 Å². The highest BCUT2D eigenvalue weighted by molar-refractivity contribution is 6.66. The molecule has 0 spiro atoms. The van der Waals surface area contributed by atoms with Crippen molar-refractivity contribution in [2.24, 2.45) is 0 Å². The van der Waals surface area contributed by atoms with Crippen molar-refractivity contribution in [3.8, 4) is 0 Å². The van der Waals surface area contributed by atoms with Crippen LogP contribution in [-0.2, 0) is 27.7 Å². The monoisotopic (exact) mass is 378 g/mol. The van der Waals surface area contributed by atoms with Crippen LogP contribution in [0.5, 0.6) is 0 Å². The molecular weight excluding hydrogens is 371 g/mol. The zero-order chi connectivity index (χ0) is 18.6. The second-order valence-corrected chi connectivity index (χ2v) is 4.05. The van der Waals surface area contributed by atoms with Crippen molar-refractivity contribution >= 4 is 22.0 Å². The number of halogens is 9. The first-order chi connectivity index (χ1) is 10.7. The quantitative estimate of drug-likeness (QED) is 0.519. The second kappa shape index (κ2) is 8.14. The lowest BCUT2D eigenvalue weighted by Gasteiger charge is -2.28. The molecule has 0 amide bonds. The summed E-state index contributed by atoms with van der Waals surface area (Å²) in [4.78, 5) is 0. The predicted molar refractivity (Wildman–Crippen MR) is 56.5 cm³/mol. The minimum atomic E-state index is -4.87. The van der Waals surface area contributed by atoms with Gasteiger partial charge in [0.05, 0.1) is 0 Å². The molecular formula is C6H6B3F9O6. The molecule has 0 aliphatic carbocycles. The Kier molecular flexibility index (Phi) is 7.24. The summed E-state index contributed by atoms with van der Waals surface area (Å²) in [5.41, 5.74) is 0. The van der Waals surface area contributed by atoms with E-state index in [1.54, 1.807) is 0 Å². The van der Waals surface area contributed by atoms with E-state index in [4.69, 9.17) is 0 Å². The highest BCUT2D eigenvalue weighted by Gasteiger charge is 2.50. The summed E-state index contributed by atoms with van der Waals surface area (Å²) in [7, 11) is -7.01. The molecule has 1 rings (SSSR count). The molecule has 0 radical (unpaired) electrons. The van der Waals surface area contributed by atoms with Gasteiger partial charge in [-0.25, -0.2) is 0 Å². The normalized spacial score (nSPS) is 17.6. The summed E-state index contributed by atoms with van der Waals surface area (Å²) in [6, 6.07) is 0. The molecule has 6 nitrogen and oxygen atoms in total. The van der Waals surface area contributed by atoms with Crippen LogP contribution in [0.1, 0.15) is 0 Å². The van der Waals surface area contributed by atoms with Crippen molar-refractivity contribution in [2.45, 2.75) is 18.5 Å². The van der Waals surface area contributed by atoms with Crippen LogP contribution in [0.25, 0.3) is 0 Å². The number of hydrogen-bond donors (Lipinski definition) is 0. The molecule has 18 heteroatoms. The SMILES string of the molecule is FC(F)(F)COB1OB(OCC(F)(F)F)OB(OCC(F)(F)F)O1. The van der Waals surface area contributed by atoms with E-state index in [-0.39, 0.29) is 0 Å². The molecule has 0 N–H and O–H groups in total. The minimum absolute atomic E-state index is 1.96. The van der Waals surface area contributed by atoms with Gasteiger partial charge in [0, 0.05) is 0 Å². The molecule has 1 heterocycles. The summed E-state index contributed by atoms with van der Waals surface area (Å²) in [5.74, 6) is 0. The van der Waals surface area contributed by atoms with E-state index in [1.807, 2.05) is 0 Å². The number of hydrogen-bond acceptors (Lipinski definition) is 6. The maximum atomic E-state index is 12.0. The Bertz CT molecular complexity index is 326. The van der Waals surface area contributed by atoms with Crippen LogP contribution < -0.4 is 0 Å². The van der Waals surface area contributed by atoms with E-state index in [9.17, 15) is 39.5 Å². The largest absolute Gasteiger partial charge is 0.615 e. The Labute approximate surface area is 129 Å². The van der Waals surface area contributed by atoms with E-state index in [0.717, 1.165) is 0 Å². The van der Waals surface area contributed by atoms with Crippen molar-refractivity contribution in [1.82, 2.24) is 0 Å². The van der Waals surface area contributed by atoms with E-state index >= 15 is 0 Å². The van der Waals surface area contributed by atoms with Gasteiger partial charge in [-0.3, -0.25) is 0 Å². The third-order valence-corrected chi connectivity index (χ3v) is 1.82. The summed E-state index contributed by atoms with van der Waals surface area (Å²) >= 11 is 0. The predicted octanol–water partition coefficient (Wildman–Crippen LogP) is 1.74. The lowest BCUT2D eigenvalue weighted by Crippen LogP contribution is -2.54. The Morgan fingerprint density at radius 2 is 0.708 bits per heavy atom. The molecule has 1 fully saturated rings. The Hall–Kier alpha value is -0.675. The Morgan fingerprint density at radius 3 is 0.875 bits per heavy atom. The lowest BCUT2D eigenvalue weighted by molar-refractivity contribution is -0.169. The van der Waals surface area contributed by atoms with Crippen LogP contribution in [0, 0.1) is 0 Å². The highest BCUT2D eigenvalue weighted by atomic mass is 19.4. The fraction of sp³-hybridized carbons (Fsp3) is 1.00. The van der Waals surface area contributed by atoms with E-state index in [2.05, 4.69) is 27.7 Å². The first kappa shape index (κ1) is 21.4. The van der Waals surface area contributed by atoms with Crippen molar-refractivity contribution < 1.29 is 67.2 Å². The van der Waals surface area contributed by atoms with Crippen LogP contribution in [0.2, 0.25) is 0 Å². The molecule has 0 atom stereocenters. The van der Waals surface area contributed by atoms with Gasteiger partial charge in [0.2, 0.25) is 0 Å². The summed E-state index contributed by atoms with van der Waals surface area (Å²) in [6.45, 7) is -5.89. The van der Waals surface area contributed by atoms with Gasteiger partial charge >= 0.3 is 40.5 Å². The molecule has 1 aliphatic heterocycles. The van der Waals surface area contributed by atoms with Crippen LogP contribution in [0.15, 0.2) is 0 Å². The van der Waals surface area contributed by atoms with Gasteiger partial charge in [0.25, 0.3) is 0 Å². The van der Waals surface area contributed by atoms with Crippen molar-refractivity contribution in [3.05, 3.63) is 0 Å². The Balaban J connectivity index is 2.60. The first-order valence-electron chi connectivity index (χ1n) is 5.75. The molecule has 0 unspecified atom stereocenters. The molecule has 1 saturated heterocycles. The molecule has 24 heavy (non-hydrogen) atoms. The number of alkyl halides is 9. The zero-order valence-corrected chi connectivity index (χ0v) is 11.2. The maximum absolute atomic E-state index is 12.0. The molecule has 1 aliphatic rings. The van der Waals surface area contributed by atoms with Gasteiger partial charge in [0.15, 0.2) is 0 Å². The third-order valence-electron chi connectivity index (χ3n) is 1.82. The van der Waals surface area contributed by atoms with Gasteiger partial charge in [0.1, 0.15) is 19.8 Å². The van der Waals surface area contributed by atoms with Gasteiger partial charge in [-0.2, -0.15) is 39.5 Å². The van der Waals surface area contributed by atoms with Crippen molar-refractivity contribution in [3.63, 3.8) is 0 Å². The van der Waals surface area contributed by atoms with Gasteiger partial charge in [-0.1, -0.05) is 0 Å². The number of rotatable bonds is 6. The van der Waals surface area contributed by atoms with Crippen molar-refractivity contribution in [2.75, 3.05) is 19.8 Å². The Morgan fingerprint density at radius 1 is 0.500 bits per heavy atom. The maximum Gasteiger partial charge on any atom is 0.615 e. The average Bonchev–Trinajstić information content (AvgIpc) is 2.38. The molecule has 138 valence electrons.